The first kappa shape index (κ1) is 14.7. The second-order valence-electron chi connectivity index (χ2n) is 5.60. The fourth-order valence-corrected chi connectivity index (χ4v) is 2.95. The van der Waals surface area contributed by atoms with Crippen molar-refractivity contribution < 1.29 is 4.79 Å². The van der Waals surface area contributed by atoms with E-state index in [9.17, 15) is 4.79 Å². The Morgan fingerprint density at radius 1 is 1.45 bits per heavy atom. The molecule has 1 atom stereocenters. The molecule has 0 aromatic carbocycles. The van der Waals surface area contributed by atoms with Gasteiger partial charge in [-0.25, -0.2) is 9.67 Å². The summed E-state index contributed by atoms with van der Waals surface area (Å²) in [5.41, 5.74) is 7.28. The van der Waals surface area contributed by atoms with Crippen molar-refractivity contribution in [2.24, 2.45) is 11.7 Å². The van der Waals surface area contributed by atoms with Crippen molar-refractivity contribution in [3.63, 3.8) is 0 Å². The van der Waals surface area contributed by atoms with Crippen LogP contribution in [0.4, 0.5) is 0 Å². The van der Waals surface area contributed by atoms with Gasteiger partial charge in [-0.3, -0.25) is 4.79 Å². The van der Waals surface area contributed by atoms with E-state index in [1.165, 1.54) is 0 Å². The number of nitrogens with two attached hydrogens (primary N) is 1. The number of pyridine rings is 1. The van der Waals surface area contributed by atoms with E-state index in [0.717, 1.165) is 37.4 Å². The molecule has 2 aromatic rings. The Kier molecular flexibility index (Phi) is 4.20. The van der Waals surface area contributed by atoms with Crippen LogP contribution >= 0.6 is 0 Å². The molecule has 1 amide bonds. The van der Waals surface area contributed by atoms with Crippen LogP contribution in [0.2, 0.25) is 0 Å². The first-order chi connectivity index (χ1) is 10.7. The number of likely N-dealkylation sites (tertiary alicyclic amines) is 1. The van der Waals surface area contributed by atoms with E-state index in [-0.39, 0.29) is 5.91 Å². The Balaban J connectivity index is 1.89. The molecule has 1 aliphatic heterocycles. The standard InChI is InChI=1S/C16H21N5O/c1-2-14-13(16(22)20-8-6-12(9-17)11-20)10-19-21(14)15-5-3-4-7-18-15/h3-5,7,10,12H,2,6,8-9,11,17H2,1H3. The monoisotopic (exact) mass is 299 g/mol. The van der Waals surface area contributed by atoms with E-state index in [1.54, 1.807) is 17.1 Å². The average Bonchev–Trinajstić information content (AvgIpc) is 3.21. The Morgan fingerprint density at radius 2 is 2.32 bits per heavy atom. The molecule has 1 fully saturated rings. The number of nitrogens with zero attached hydrogens (tertiary/aromatic N) is 4. The molecule has 1 unspecified atom stereocenters. The van der Waals surface area contributed by atoms with E-state index < -0.39 is 0 Å². The third kappa shape index (κ3) is 2.62. The average molecular weight is 299 g/mol. The van der Waals surface area contributed by atoms with E-state index >= 15 is 0 Å². The van der Waals surface area contributed by atoms with Gasteiger partial charge in [-0.05, 0) is 37.4 Å². The van der Waals surface area contributed by atoms with Crippen LogP contribution in [0, 0.1) is 5.92 Å². The lowest BCUT2D eigenvalue weighted by Crippen LogP contribution is -2.30. The molecule has 6 heteroatoms. The van der Waals surface area contributed by atoms with Crippen LogP contribution in [0.5, 0.6) is 0 Å². The molecule has 1 aliphatic rings. The Bertz CT molecular complexity index is 652. The molecule has 3 rings (SSSR count). The lowest BCUT2D eigenvalue weighted by atomic mass is 10.1. The zero-order valence-electron chi connectivity index (χ0n) is 12.8. The van der Waals surface area contributed by atoms with Gasteiger partial charge in [0.1, 0.15) is 0 Å². The van der Waals surface area contributed by atoms with E-state index in [2.05, 4.69) is 10.1 Å². The molecular formula is C16H21N5O. The molecule has 2 aromatic heterocycles. The second-order valence-corrected chi connectivity index (χ2v) is 5.60. The number of carbonyl (C=O) groups excluding carboxylic acids is 1. The number of amides is 1. The number of hydrogen-bond donors (Lipinski definition) is 1. The predicted molar refractivity (Wildman–Crippen MR) is 83.8 cm³/mol. The Morgan fingerprint density at radius 3 is 2.95 bits per heavy atom. The minimum Gasteiger partial charge on any atom is -0.338 e. The minimum atomic E-state index is 0.0509. The molecular weight excluding hydrogens is 278 g/mol. The van der Waals surface area contributed by atoms with Crippen molar-refractivity contribution in [3.05, 3.63) is 41.9 Å². The number of hydrogen-bond acceptors (Lipinski definition) is 4. The van der Waals surface area contributed by atoms with Gasteiger partial charge in [-0.1, -0.05) is 13.0 Å². The molecule has 0 aliphatic carbocycles. The smallest absolute Gasteiger partial charge is 0.257 e. The van der Waals surface area contributed by atoms with E-state index in [1.807, 2.05) is 30.0 Å². The first-order valence-corrected chi connectivity index (χ1v) is 7.72. The lowest BCUT2D eigenvalue weighted by molar-refractivity contribution is 0.0786. The topological polar surface area (TPSA) is 77.0 Å². The van der Waals surface area contributed by atoms with Gasteiger partial charge in [-0.15, -0.1) is 0 Å². The summed E-state index contributed by atoms with van der Waals surface area (Å²) in [6.07, 6.45) is 5.10. The molecule has 116 valence electrons. The fourth-order valence-electron chi connectivity index (χ4n) is 2.95. The van der Waals surface area contributed by atoms with Gasteiger partial charge in [0.2, 0.25) is 0 Å². The van der Waals surface area contributed by atoms with Crippen LogP contribution in [-0.2, 0) is 6.42 Å². The van der Waals surface area contributed by atoms with Gasteiger partial charge in [0.15, 0.2) is 5.82 Å². The zero-order chi connectivity index (χ0) is 15.5. The molecule has 2 N–H and O–H groups in total. The summed E-state index contributed by atoms with van der Waals surface area (Å²) in [6, 6.07) is 5.67. The van der Waals surface area contributed by atoms with Crippen LogP contribution in [0.3, 0.4) is 0 Å². The van der Waals surface area contributed by atoms with Gasteiger partial charge in [0.25, 0.3) is 5.91 Å². The Hall–Kier alpha value is -2.21. The maximum absolute atomic E-state index is 12.7. The van der Waals surface area contributed by atoms with Crippen molar-refractivity contribution in [1.29, 1.82) is 0 Å². The maximum Gasteiger partial charge on any atom is 0.257 e. The van der Waals surface area contributed by atoms with Crippen LogP contribution < -0.4 is 5.73 Å². The minimum absolute atomic E-state index is 0.0509. The number of carbonyl (C=O) groups is 1. The molecule has 0 spiro atoms. The molecule has 22 heavy (non-hydrogen) atoms. The van der Waals surface area contributed by atoms with Gasteiger partial charge in [-0.2, -0.15) is 5.10 Å². The van der Waals surface area contributed by atoms with Gasteiger partial charge in [0, 0.05) is 19.3 Å². The largest absolute Gasteiger partial charge is 0.338 e. The van der Waals surface area contributed by atoms with Crippen molar-refractivity contribution in [2.75, 3.05) is 19.6 Å². The predicted octanol–water partition coefficient (Wildman–Crippen LogP) is 1.25. The Labute approximate surface area is 129 Å². The highest BCUT2D eigenvalue weighted by atomic mass is 16.2. The molecule has 3 heterocycles. The SMILES string of the molecule is CCc1c(C(=O)N2CCC(CN)C2)cnn1-c1ccccn1. The third-order valence-electron chi connectivity index (χ3n) is 4.21. The van der Waals surface area contributed by atoms with Crippen molar-refractivity contribution in [2.45, 2.75) is 19.8 Å². The highest BCUT2D eigenvalue weighted by Crippen LogP contribution is 2.21. The summed E-state index contributed by atoms with van der Waals surface area (Å²) in [4.78, 5) is 18.9. The normalized spacial score (nSPS) is 17.9. The highest BCUT2D eigenvalue weighted by molar-refractivity contribution is 5.95. The zero-order valence-corrected chi connectivity index (χ0v) is 12.8. The van der Waals surface area contributed by atoms with Crippen molar-refractivity contribution in [1.82, 2.24) is 19.7 Å². The van der Waals surface area contributed by atoms with Crippen molar-refractivity contribution in [3.8, 4) is 5.82 Å². The van der Waals surface area contributed by atoms with Gasteiger partial charge >= 0.3 is 0 Å². The third-order valence-corrected chi connectivity index (χ3v) is 4.21. The number of aromatic nitrogens is 3. The van der Waals surface area contributed by atoms with E-state index in [0.29, 0.717) is 18.0 Å². The van der Waals surface area contributed by atoms with Crippen LogP contribution in [-0.4, -0.2) is 45.2 Å². The van der Waals surface area contributed by atoms with Crippen LogP contribution in [0.25, 0.3) is 5.82 Å². The molecule has 6 nitrogen and oxygen atoms in total. The summed E-state index contributed by atoms with van der Waals surface area (Å²) in [5.74, 6) is 1.20. The quantitative estimate of drug-likeness (QED) is 0.921. The van der Waals surface area contributed by atoms with Gasteiger partial charge in [0.05, 0.1) is 17.5 Å². The van der Waals surface area contributed by atoms with Gasteiger partial charge < -0.3 is 10.6 Å². The van der Waals surface area contributed by atoms with Crippen LogP contribution in [0.15, 0.2) is 30.6 Å². The summed E-state index contributed by atoms with van der Waals surface area (Å²) in [6.45, 7) is 4.18. The maximum atomic E-state index is 12.7. The molecule has 1 saturated heterocycles. The lowest BCUT2D eigenvalue weighted by Gasteiger charge is -2.16. The number of rotatable bonds is 4. The fraction of sp³-hybridized carbons (Fsp3) is 0.438. The summed E-state index contributed by atoms with van der Waals surface area (Å²) >= 11 is 0. The molecule has 0 radical (unpaired) electrons. The summed E-state index contributed by atoms with van der Waals surface area (Å²) < 4.78 is 1.75. The van der Waals surface area contributed by atoms with E-state index in [4.69, 9.17) is 5.73 Å². The van der Waals surface area contributed by atoms with Crippen LogP contribution in [0.1, 0.15) is 29.4 Å². The highest BCUT2D eigenvalue weighted by Gasteiger charge is 2.28. The first-order valence-electron chi connectivity index (χ1n) is 7.72. The second kappa shape index (κ2) is 6.27. The summed E-state index contributed by atoms with van der Waals surface area (Å²) in [5, 5.41) is 4.37. The van der Waals surface area contributed by atoms with Crippen molar-refractivity contribution >= 4 is 5.91 Å². The molecule has 0 bridgehead atoms. The molecule has 0 saturated carbocycles. The summed E-state index contributed by atoms with van der Waals surface area (Å²) in [7, 11) is 0.